The number of halogens is 1. The van der Waals surface area contributed by atoms with Crippen molar-refractivity contribution in [3.63, 3.8) is 0 Å². The first-order chi connectivity index (χ1) is 9.52. The Morgan fingerprint density at radius 2 is 1.75 bits per heavy atom. The van der Waals surface area contributed by atoms with Gasteiger partial charge in [0.25, 0.3) is 0 Å². The van der Waals surface area contributed by atoms with E-state index in [1.165, 1.54) is 0 Å². The zero-order chi connectivity index (χ0) is 14.4. The average molecular weight is 291 g/mol. The number of fused-ring (bicyclic) bond motifs is 2. The number of rotatable bonds is 3. The molecule has 0 fully saturated rings. The highest BCUT2D eigenvalue weighted by atomic mass is 35.5. The molecule has 2 heterocycles. The van der Waals surface area contributed by atoms with Gasteiger partial charge in [0.1, 0.15) is 23.4 Å². The van der Waals surface area contributed by atoms with Crippen molar-refractivity contribution in [3.8, 4) is 0 Å². The van der Waals surface area contributed by atoms with Gasteiger partial charge in [-0.2, -0.15) is 0 Å². The topological polar surface area (TPSA) is 43.4 Å². The van der Waals surface area contributed by atoms with E-state index in [1.807, 2.05) is 32.9 Å². The fourth-order valence-electron chi connectivity index (χ4n) is 2.75. The number of aldehydes is 1. The summed E-state index contributed by atoms with van der Waals surface area (Å²) in [5.41, 5.74) is 2.43. The van der Waals surface area contributed by atoms with E-state index in [0.717, 1.165) is 39.7 Å². The van der Waals surface area contributed by atoms with Gasteiger partial charge in [0.05, 0.1) is 5.02 Å². The second-order valence-corrected chi connectivity index (χ2v) is 5.61. The van der Waals surface area contributed by atoms with Gasteiger partial charge in [-0.15, -0.1) is 0 Å². The van der Waals surface area contributed by atoms with Crippen LogP contribution in [0.5, 0.6) is 0 Å². The lowest BCUT2D eigenvalue weighted by Gasteiger charge is -2.11. The van der Waals surface area contributed by atoms with Crippen molar-refractivity contribution in [2.45, 2.75) is 33.1 Å². The van der Waals surface area contributed by atoms with E-state index in [9.17, 15) is 4.79 Å². The summed E-state index contributed by atoms with van der Waals surface area (Å²) < 4.78 is 11.5. The zero-order valence-electron chi connectivity index (χ0n) is 11.6. The Bertz CT molecular complexity index is 752. The van der Waals surface area contributed by atoms with Crippen molar-refractivity contribution in [3.05, 3.63) is 34.2 Å². The molecule has 1 unspecified atom stereocenters. The summed E-state index contributed by atoms with van der Waals surface area (Å²) in [6.07, 6.45) is 1.37. The van der Waals surface area contributed by atoms with Crippen molar-refractivity contribution in [2.75, 3.05) is 0 Å². The third kappa shape index (κ3) is 1.85. The monoisotopic (exact) mass is 290 g/mol. The van der Waals surface area contributed by atoms with Gasteiger partial charge in [-0.05, 0) is 31.9 Å². The molecule has 0 bridgehead atoms. The second-order valence-electron chi connectivity index (χ2n) is 5.23. The molecule has 0 aliphatic heterocycles. The first-order valence-corrected chi connectivity index (χ1v) is 6.96. The molecule has 3 nitrogen and oxygen atoms in total. The van der Waals surface area contributed by atoms with E-state index in [2.05, 4.69) is 0 Å². The summed E-state index contributed by atoms with van der Waals surface area (Å²) >= 11 is 6.43. The highest BCUT2D eigenvalue weighted by Gasteiger charge is 2.22. The lowest BCUT2D eigenvalue weighted by Crippen LogP contribution is -1.96. The standard InChI is InChI=1S/C16H15ClO3/c1-8(4-5-18)13-11-6-9(2)20-16(11)14(17)12-7-10(3)19-15(12)13/h5-8H,4H2,1-3H3. The maximum atomic E-state index is 10.9. The second kappa shape index (κ2) is 4.67. The minimum Gasteiger partial charge on any atom is -0.461 e. The third-order valence-corrected chi connectivity index (χ3v) is 4.00. The number of carbonyl (C=O) groups excluding carboxylic acids is 1. The van der Waals surface area contributed by atoms with E-state index in [0.29, 0.717) is 17.0 Å². The Morgan fingerprint density at radius 3 is 2.40 bits per heavy atom. The smallest absolute Gasteiger partial charge is 0.154 e. The SMILES string of the molecule is Cc1cc2c(C(C)CC=O)c3oc(C)cc3c(Cl)c2o1. The van der Waals surface area contributed by atoms with Crippen molar-refractivity contribution < 1.29 is 13.6 Å². The maximum Gasteiger partial charge on any atom is 0.154 e. The lowest BCUT2D eigenvalue weighted by atomic mass is 9.93. The van der Waals surface area contributed by atoms with Crippen LogP contribution in [-0.4, -0.2) is 6.29 Å². The molecule has 2 aromatic heterocycles. The molecule has 0 aliphatic carbocycles. The Morgan fingerprint density at radius 1 is 1.15 bits per heavy atom. The number of aryl methyl sites for hydroxylation is 2. The zero-order valence-corrected chi connectivity index (χ0v) is 12.4. The quantitative estimate of drug-likeness (QED) is 0.627. The maximum absolute atomic E-state index is 10.9. The number of benzene rings is 1. The van der Waals surface area contributed by atoms with E-state index in [-0.39, 0.29) is 5.92 Å². The van der Waals surface area contributed by atoms with Crippen molar-refractivity contribution in [1.29, 1.82) is 0 Å². The van der Waals surface area contributed by atoms with Gasteiger partial charge in [-0.3, -0.25) is 0 Å². The van der Waals surface area contributed by atoms with Crippen LogP contribution in [0.15, 0.2) is 21.0 Å². The molecule has 0 spiro atoms. The summed E-state index contributed by atoms with van der Waals surface area (Å²) in [6.45, 7) is 5.78. The molecule has 0 radical (unpaired) electrons. The van der Waals surface area contributed by atoms with Crippen molar-refractivity contribution in [2.24, 2.45) is 0 Å². The van der Waals surface area contributed by atoms with Gasteiger partial charge in [0.2, 0.25) is 0 Å². The van der Waals surface area contributed by atoms with Crippen LogP contribution in [-0.2, 0) is 4.79 Å². The van der Waals surface area contributed by atoms with Crippen LogP contribution in [0.25, 0.3) is 21.9 Å². The molecular formula is C16H15ClO3. The van der Waals surface area contributed by atoms with E-state index >= 15 is 0 Å². The summed E-state index contributed by atoms with van der Waals surface area (Å²) in [6, 6.07) is 3.86. The number of furan rings is 2. The largest absolute Gasteiger partial charge is 0.461 e. The van der Waals surface area contributed by atoms with Gasteiger partial charge in [0.15, 0.2) is 5.58 Å². The average Bonchev–Trinajstić information content (AvgIpc) is 2.93. The molecular weight excluding hydrogens is 276 g/mol. The molecule has 4 heteroatoms. The van der Waals surface area contributed by atoms with Crippen molar-refractivity contribution in [1.82, 2.24) is 0 Å². The Hall–Kier alpha value is -1.74. The Kier molecular flexibility index (Phi) is 3.09. The van der Waals surface area contributed by atoms with Crippen LogP contribution in [0.4, 0.5) is 0 Å². The molecule has 0 saturated carbocycles. The van der Waals surface area contributed by atoms with Gasteiger partial charge >= 0.3 is 0 Å². The molecule has 3 rings (SSSR count). The Labute approximate surface area is 121 Å². The van der Waals surface area contributed by atoms with Crippen LogP contribution < -0.4 is 0 Å². The molecule has 104 valence electrons. The molecule has 0 amide bonds. The predicted octanol–water partition coefficient (Wildman–Crippen LogP) is 5.14. The van der Waals surface area contributed by atoms with E-state index < -0.39 is 0 Å². The highest BCUT2D eigenvalue weighted by Crippen LogP contribution is 2.42. The van der Waals surface area contributed by atoms with Gasteiger partial charge in [-0.25, -0.2) is 0 Å². The fourth-order valence-corrected chi connectivity index (χ4v) is 3.03. The van der Waals surface area contributed by atoms with Crippen LogP contribution in [0.1, 0.15) is 36.3 Å². The minimum absolute atomic E-state index is 0.0531. The molecule has 0 aliphatic rings. The molecule has 20 heavy (non-hydrogen) atoms. The number of carbonyl (C=O) groups is 1. The van der Waals surface area contributed by atoms with Crippen LogP contribution in [0, 0.1) is 13.8 Å². The van der Waals surface area contributed by atoms with Gasteiger partial charge in [0, 0.05) is 22.8 Å². The summed E-state index contributed by atoms with van der Waals surface area (Å²) in [7, 11) is 0. The molecule has 1 aromatic carbocycles. The van der Waals surface area contributed by atoms with E-state index in [4.69, 9.17) is 20.4 Å². The number of hydrogen-bond acceptors (Lipinski definition) is 3. The fraction of sp³-hybridized carbons (Fsp3) is 0.312. The van der Waals surface area contributed by atoms with Crippen LogP contribution in [0.3, 0.4) is 0 Å². The predicted molar refractivity (Wildman–Crippen MR) is 79.6 cm³/mol. The Balaban J connectivity index is 2.47. The van der Waals surface area contributed by atoms with Crippen LogP contribution in [0.2, 0.25) is 5.02 Å². The minimum atomic E-state index is 0.0531. The van der Waals surface area contributed by atoms with Gasteiger partial charge in [-0.1, -0.05) is 18.5 Å². The van der Waals surface area contributed by atoms with Crippen molar-refractivity contribution >= 4 is 39.8 Å². The first-order valence-electron chi connectivity index (χ1n) is 6.58. The summed E-state index contributed by atoms with van der Waals surface area (Å²) in [4.78, 5) is 10.9. The molecule has 0 N–H and O–H groups in total. The lowest BCUT2D eigenvalue weighted by molar-refractivity contribution is -0.108. The summed E-state index contributed by atoms with van der Waals surface area (Å²) in [5, 5.41) is 2.35. The van der Waals surface area contributed by atoms with E-state index in [1.54, 1.807) is 0 Å². The van der Waals surface area contributed by atoms with Gasteiger partial charge < -0.3 is 13.6 Å². The third-order valence-electron chi connectivity index (χ3n) is 3.62. The first kappa shape index (κ1) is 13.3. The number of hydrogen-bond donors (Lipinski definition) is 0. The van der Waals surface area contributed by atoms with Crippen LogP contribution >= 0.6 is 11.6 Å². The molecule has 1 atom stereocenters. The summed E-state index contributed by atoms with van der Waals surface area (Å²) in [5.74, 6) is 1.65. The molecule has 3 aromatic rings. The normalized spacial score (nSPS) is 13.2. The molecule has 0 saturated heterocycles. The highest BCUT2D eigenvalue weighted by molar-refractivity contribution is 6.40.